The molecule has 114 valence electrons. The van der Waals surface area contributed by atoms with Crippen LogP contribution in [0.3, 0.4) is 0 Å². The predicted molar refractivity (Wildman–Crippen MR) is 85.0 cm³/mol. The van der Waals surface area contributed by atoms with Crippen LogP contribution in [0.4, 0.5) is 0 Å². The highest BCUT2D eigenvalue weighted by Gasteiger charge is 2.11. The van der Waals surface area contributed by atoms with Gasteiger partial charge in [-0.05, 0) is 25.5 Å². The highest BCUT2D eigenvalue weighted by Crippen LogP contribution is 2.32. The Labute approximate surface area is 131 Å². The molecule has 0 aliphatic rings. The maximum Gasteiger partial charge on any atom is 0.156 e. The van der Waals surface area contributed by atoms with Crippen molar-refractivity contribution in [3.63, 3.8) is 0 Å². The van der Waals surface area contributed by atoms with E-state index in [0.717, 1.165) is 6.42 Å². The minimum absolute atomic E-state index is 0.164. The quantitative estimate of drug-likeness (QED) is 0.725. The summed E-state index contributed by atoms with van der Waals surface area (Å²) in [5, 5.41) is 14.1. The van der Waals surface area contributed by atoms with Gasteiger partial charge < -0.3 is 15.2 Å². The summed E-state index contributed by atoms with van der Waals surface area (Å²) in [7, 11) is 0. The molecule has 1 rings (SSSR count). The highest BCUT2D eigenvalue weighted by atomic mass is 35.5. The Hall–Kier alpha value is -0.480. The zero-order valence-corrected chi connectivity index (χ0v) is 13.5. The maximum absolute atomic E-state index is 9.89. The Morgan fingerprint density at radius 2 is 1.95 bits per heavy atom. The van der Waals surface area contributed by atoms with Gasteiger partial charge >= 0.3 is 0 Å². The number of aliphatic hydroxyl groups excluding tert-OH is 1. The molecule has 0 saturated heterocycles. The lowest BCUT2D eigenvalue weighted by molar-refractivity contribution is 0.104. The highest BCUT2D eigenvalue weighted by molar-refractivity contribution is 6.37. The van der Waals surface area contributed by atoms with E-state index in [0.29, 0.717) is 28.4 Å². The number of nitrogens with one attached hydrogen (secondary N) is 1. The van der Waals surface area contributed by atoms with Gasteiger partial charge in [-0.3, -0.25) is 0 Å². The van der Waals surface area contributed by atoms with Gasteiger partial charge in [-0.15, -0.1) is 0 Å². The molecule has 2 unspecified atom stereocenters. The number of hydrogen-bond acceptors (Lipinski definition) is 3. The number of aliphatic hydroxyl groups is 1. The van der Waals surface area contributed by atoms with Gasteiger partial charge in [0, 0.05) is 12.6 Å². The number of para-hydroxylation sites is 1. The zero-order chi connectivity index (χ0) is 15.0. The number of hydrogen-bond donors (Lipinski definition) is 2. The fourth-order valence-corrected chi connectivity index (χ4v) is 2.32. The molecule has 0 aromatic heterocycles. The average Bonchev–Trinajstić information content (AvgIpc) is 2.42. The lowest BCUT2D eigenvalue weighted by Crippen LogP contribution is -2.36. The van der Waals surface area contributed by atoms with E-state index in [1.54, 1.807) is 18.2 Å². The normalized spacial score (nSPS) is 14.1. The predicted octanol–water partition coefficient (Wildman–Crippen LogP) is 3.90. The first kappa shape index (κ1) is 17.6. The van der Waals surface area contributed by atoms with Crippen LogP contribution < -0.4 is 10.1 Å². The number of benzene rings is 1. The van der Waals surface area contributed by atoms with E-state index in [1.807, 2.05) is 0 Å². The Balaban J connectivity index is 2.31. The van der Waals surface area contributed by atoms with Gasteiger partial charge in [-0.1, -0.05) is 49.0 Å². The zero-order valence-electron chi connectivity index (χ0n) is 12.0. The molecule has 0 aliphatic heterocycles. The first-order valence-electron chi connectivity index (χ1n) is 7.02. The molecule has 0 radical (unpaired) electrons. The van der Waals surface area contributed by atoms with Gasteiger partial charge in [0.15, 0.2) is 5.75 Å². The van der Waals surface area contributed by atoms with E-state index in [9.17, 15) is 5.11 Å². The van der Waals surface area contributed by atoms with E-state index < -0.39 is 6.10 Å². The Morgan fingerprint density at radius 3 is 2.55 bits per heavy atom. The van der Waals surface area contributed by atoms with Crippen LogP contribution in [0.2, 0.25) is 10.0 Å². The van der Waals surface area contributed by atoms with Crippen molar-refractivity contribution in [2.45, 2.75) is 45.3 Å². The van der Waals surface area contributed by atoms with Crippen molar-refractivity contribution >= 4 is 23.2 Å². The molecule has 1 aromatic carbocycles. The van der Waals surface area contributed by atoms with Gasteiger partial charge in [-0.25, -0.2) is 0 Å². The summed E-state index contributed by atoms with van der Waals surface area (Å²) >= 11 is 12.0. The molecule has 0 bridgehead atoms. The summed E-state index contributed by atoms with van der Waals surface area (Å²) in [5.74, 6) is 0.425. The van der Waals surface area contributed by atoms with Crippen molar-refractivity contribution in [1.29, 1.82) is 0 Å². The summed E-state index contributed by atoms with van der Waals surface area (Å²) < 4.78 is 5.49. The first-order valence-corrected chi connectivity index (χ1v) is 7.78. The fraction of sp³-hybridized carbons (Fsp3) is 0.600. The van der Waals surface area contributed by atoms with Crippen molar-refractivity contribution in [3.05, 3.63) is 28.2 Å². The second kappa shape index (κ2) is 9.46. The molecule has 0 fully saturated rings. The van der Waals surface area contributed by atoms with Crippen LogP contribution in [-0.4, -0.2) is 30.4 Å². The van der Waals surface area contributed by atoms with Crippen molar-refractivity contribution in [3.8, 4) is 5.75 Å². The van der Waals surface area contributed by atoms with Gasteiger partial charge in [0.1, 0.15) is 12.7 Å². The van der Waals surface area contributed by atoms with Crippen LogP contribution in [0.5, 0.6) is 5.75 Å². The molecular formula is C15H23Cl2NO2. The molecular weight excluding hydrogens is 297 g/mol. The number of rotatable bonds is 9. The van der Waals surface area contributed by atoms with Crippen LogP contribution >= 0.6 is 23.2 Å². The number of ether oxygens (including phenoxy) is 1. The topological polar surface area (TPSA) is 41.5 Å². The monoisotopic (exact) mass is 319 g/mol. The minimum atomic E-state index is -0.591. The first-order chi connectivity index (χ1) is 9.54. The largest absolute Gasteiger partial charge is 0.488 e. The molecule has 1 aromatic rings. The van der Waals surface area contributed by atoms with Crippen LogP contribution in [0.25, 0.3) is 0 Å². The van der Waals surface area contributed by atoms with Crippen molar-refractivity contribution in [1.82, 2.24) is 5.32 Å². The van der Waals surface area contributed by atoms with E-state index >= 15 is 0 Å². The second-order valence-electron chi connectivity index (χ2n) is 4.97. The molecule has 0 heterocycles. The van der Waals surface area contributed by atoms with Crippen molar-refractivity contribution < 1.29 is 9.84 Å². The smallest absolute Gasteiger partial charge is 0.156 e. The van der Waals surface area contributed by atoms with Gasteiger partial charge in [0.25, 0.3) is 0 Å². The van der Waals surface area contributed by atoms with Crippen LogP contribution in [0.15, 0.2) is 18.2 Å². The molecule has 0 aliphatic carbocycles. The summed E-state index contributed by atoms with van der Waals surface area (Å²) in [5.41, 5.74) is 0. The Morgan fingerprint density at radius 1 is 1.30 bits per heavy atom. The number of unbranched alkanes of at least 4 members (excludes halogenated alkanes) is 1. The molecule has 3 nitrogen and oxygen atoms in total. The average molecular weight is 320 g/mol. The lowest BCUT2D eigenvalue weighted by atomic mass is 10.1. The molecule has 20 heavy (non-hydrogen) atoms. The van der Waals surface area contributed by atoms with Crippen molar-refractivity contribution in [2.24, 2.45) is 0 Å². The minimum Gasteiger partial charge on any atom is -0.488 e. The van der Waals surface area contributed by atoms with Crippen LogP contribution in [-0.2, 0) is 0 Å². The Kier molecular flexibility index (Phi) is 8.31. The molecule has 0 amide bonds. The van der Waals surface area contributed by atoms with E-state index in [-0.39, 0.29) is 6.61 Å². The molecule has 5 heteroatoms. The summed E-state index contributed by atoms with van der Waals surface area (Å²) in [6.45, 7) is 4.95. The standard InChI is InChI=1S/C15H23Cl2NO2/c1-3-4-6-11(2)18-9-12(19)10-20-15-13(16)7-5-8-14(15)17/h5,7-8,11-12,18-19H,3-4,6,9-10H2,1-2H3. The summed E-state index contributed by atoms with van der Waals surface area (Å²) in [4.78, 5) is 0. The van der Waals surface area contributed by atoms with E-state index in [1.165, 1.54) is 12.8 Å². The maximum atomic E-state index is 9.89. The third-order valence-electron chi connectivity index (χ3n) is 3.03. The second-order valence-corrected chi connectivity index (χ2v) is 5.78. The molecule has 2 N–H and O–H groups in total. The number of halogens is 2. The van der Waals surface area contributed by atoms with Gasteiger partial charge in [-0.2, -0.15) is 0 Å². The summed E-state index contributed by atoms with van der Waals surface area (Å²) in [6, 6.07) is 5.57. The van der Waals surface area contributed by atoms with Gasteiger partial charge in [0.05, 0.1) is 10.0 Å². The SMILES string of the molecule is CCCCC(C)NCC(O)COc1c(Cl)cccc1Cl. The molecule has 0 spiro atoms. The third-order valence-corrected chi connectivity index (χ3v) is 3.63. The van der Waals surface area contributed by atoms with E-state index in [4.69, 9.17) is 27.9 Å². The van der Waals surface area contributed by atoms with Crippen LogP contribution in [0, 0.1) is 0 Å². The molecule has 0 saturated carbocycles. The van der Waals surface area contributed by atoms with Crippen LogP contribution in [0.1, 0.15) is 33.1 Å². The Bertz CT molecular complexity index is 381. The van der Waals surface area contributed by atoms with Gasteiger partial charge in [0.2, 0.25) is 0 Å². The third kappa shape index (κ3) is 6.31. The lowest BCUT2D eigenvalue weighted by Gasteiger charge is -2.18. The fourth-order valence-electron chi connectivity index (χ4n) is 1.81. The van der Waals surface area contributed by atoms with E-state index in [2.05, 4.69) is 19.2 Å². The van der Waals surface area contributed by atoms with Crippen molar-refractivity contribution in [2.75, 3.05) is 13.2 Å². The summed E-state index contributed by atoms with van der Waals surface area (Å²) in [6.07, 6.45) is 2.89. The molecule has 2 atom stereocenters.